The lowest BCUT2D eigenvalue weighted by Gasteiger charge is -2.35. The van der Waals surface area contributed by atoms with Crippen LogP contribution in [0.5, 0.6) is 0 Å². The molecule has 110 valence electrons. The van der Waals surface area contributed by atoms with Crippen molar-refractivity contribution in [1.82, 2.24) is 4.90 Å². The Kier molecular flexibility index (Phi) is 4.79. The lowest BCUT2D eigenvalue weighted by molar-refractivity contribution is -0.136. The number of hydrogen-bond acceptors (Lipinski definition) is 4. The smallest absolute Gasteiger partial charge is 0.239 e. The maximum Gasteiger partial charge on any atom is 0.239 e. The van der Waals surface area contributed by atoms with Crippen molar-refractivity contribution in [3.8, 4) is 0 Å². The normalized spacial score (nSPS) is 31.1. The van der Waals surface area contributed by atoms with E-state index >= 15 is 0 Å². The van der Waals surface area contributed by atoms with Gasteiger partial charge in [0.25, 0.3) is 0 Å². The largest absolute Gasteiger partial charge is 0.372 e. The highest BCUT2D eigenvalue weighted by molar-refractivity contribution is 7.98. The van der Waals surface area contributed by atoms with Crippen molar-refractivity contribution in [3.05, 3.63) is 0 Å². The van der Waals surface area contributed by atoms with E-state index in [0.717, 1.165) is 38.1 Å². The Morgan fingerprint density at radius 3 is 3.00 bits per heavy atom. The Labute approximate surface area is 120 Å². The molecule has 2 N–H and O–H groups in total. The SMILES string of the molecule is CSCC[C@H](N)C(=O)N1CC[C@@H]2OC(C)(C)C[C@@H]2C1. The van der Waals surface area contributed by atoms with Gasteiger partial charge in [0.1, 0.15) is 0 Å². The van der Waals surface area contributed by atoms with Crippen molar-refractivity contribution in [2.45, 2.75) is 50.9 Å². The molecule has 5 heteroatoms. The van der Waals surface area contributed by atoms with Crippen LogP contribution in [0.25, 0.3) is 0 Å². The molecule has 0 aliphatic carbocycles. The molecule has 0 radical (unpaired) electrons. The van der Waals surface area contributed by atoms with Crippen molar-refractivity contribution >= 4 is 17.7 Å². The minimum Gasteiger partial charge on any atom is -0.372 e. The summed E-state index contributed by atoms with van der Waals surface area (Å²) in [6.07, 6.45) is 5.14. The summed E-state index contributed by atoms with van der Waals surface area (Å²) in [5.41, 5.74) is 5.96. The molecule has 2 rings (SSSR count). The van der Waals surface area contributed by atoms with E-state index in [-0.39, 0.29) is 17.6 Å². The van der Waals surface area contributed by atoms with Crippen LogP contribution in [0.1, 0.15) is 33.1 Å². The number of rotatable bonds is 4. The highest BCUT2D eigenvalue weighted by atomic mass is 32.2. The van der Waals surface area contributed by atoms with Crippen LogP contribution in [0.2, 0.25) is 0 Å². The molecule has 2 saturated heterocycles. The molecule has 0 aromatic rings. The predicted octanol–water partition coefficient (Wildman–Crippen LogP) is 1.48. The van der Waals surface area contributed by atoms with E-state index in [1.807, 2.05) is 11.2 Å². The first-order valence-corrected chi connectivity index (χ1v) is 8.53. The molecule has 0 saturated carbocycles. The Bertz CT molecular complexity index is 335. The first kappa shape index (κ1) is 15.1. The maximum absolute atomic E-state index is 12.3. The first-order chi connectivity index (χ1) is 8.93. The van der Waals surface area contributed by atoms with Crippen LogP contribution in [0.4, 0.5) is 0 Å². The summed E-state index contributed by atoms with van der Waals surface area (Å²) in [5, 5.41) is 0. The second-order valence-electron chi connectivity index (χ2n) is 6.34. The van der Waals surface area contributed by atoms with Crippen LogP contribution in [0.3, 0.4) is 0 Å². The zero-order valence-corrected chi connectivity index (χ0v) is 13.0. The number of piperidine rings is 1. The van der Waals surface area contributed by atoms with Crippen LogP contribution in [-0.2, 0) is 9.53 Å². The highest BCUT2D eigenvalue weighted by Gasteiger charge is 2.44. The predicted molar refractivity (Wildman–Crippen MR) is 79.2 cm³/mol. The van der Waals surface area contributed by atoms with Gasteiger partial charge >= 0.3 is 0 Å². The van der Waals surface area contributed by atoms with E-state index < -0.39 is 0 Å². The number of nitrogens with zero attached hydrogens (tertiary/aromatic N) is 1. The van der Waals surface area contributed by atoms with Gasteiger partial charge < -0.3 is 15.4 Å². The fraction of sp³-hybridized carbons (Fsp3) is 0.929. The van der Waals surface area contributed by atoms with Gasteiger partial charge in [-0.3, -0.25) is 4.79 Å². The molecule has 2 heterocycles. The zero-order valence-electron chi connectivity index (χ0n) is 12.2. The number of nitrogens with two attached hydrogens (primary N) is 1. The third-order valence-corrected chi connectivity index (χ3v) is 4.79. The van der Waals surface area contributed by atoms with Crippen molar-refractivity contribution in [2.24, 2.45) is 11.7 Å². The Hall–Kier alpha value is -0.260. The van der Waals surface area contributed by atoms with Crippen LogP contribution in [0, 0.1) is 5.92 Å². The minimum atomic E-state index is -0.334. The average molecular weight is 286 g/mol. The van der Waals surface area contributed by atoms with Gasteiger partial charge in [-0.05, 0) is 45.1 Å². The molecular weight excluding hydrogens is 260 g/mol. The number of carbonyl (C=O) groups is 1. The topological polar surface area (TPSA) is 55.6 Å². The number of thioether (sulfide) groups is 1. The molecule has 0 aromatic carbocycles. The molecule has 0 bridgehead atoms. The highest BCUT2D eigenvalue weighted by Crippen LogP contribution is 2.38. The third-order valence-electron chi connectivity index (χ3n) is 4.15. The Morgan fingerprint density at radius 1 is 1.58 bits per heavy atom. The standard InChI is InChI=1S/C14H26N2O2S/c1-14(2)8-10-9-16(6-4-12(10)18-14)13(17)11(15)5-7-19-3/h10-12H,4-9,15H2,1-3H3/t10-,11+,12+/m1/s1. The fourth-order valence-electron chi connectivity index (χ4n) is 3.25. The van der Waals surface area contributed by atoms with Crippen molar-refractivity contribution in [3.63, 3.8) is 0 Å². The average Bonchev–Trinajstić information content (AvgIpc) is 2.67. The van der Waals surface area contributed by atoms with E-state index in [1.54, 1.807) is 11.8 Å². The first-order valence-electron chi connectivity index (χ1n) is 7.14. The third kappa shape index (κ3) is 3.64. The molecule has 0 aromatic heterocycles. The minimum absolute atomic E-state index is 0.0324. The maximum atomic E-state index is 12.3. The molecule has 1 amide bonds. The second kappa shape index (κ2) is 6.02. The summed E-state index contributed by atoms with van der Waals surface area (Å²) >= 11 is 1.74. The van der Waals surface area contributed by atoms with Crippen LogP contribution in [0.15, 0.2) is 0 Å². The van der Waals surface area contributed by atoms with Crippen LogP contribution < -0.4 is 5.73 Å². The molecule has 0 unspecified atom stereocenters. The van der Waals surface area contributed by atoms with Crippen LogP contribution >= 0.6 is 11.8 Å². The summed E-state index contributed by atoms with van der Waals surface area (Å²) in [5.74, 6) is 1.56. The number of ether oxygens (including phenoxy) is 1. The number of hydrogen-bond donors (Lipinski definition) is 1. The van der Waals surface area contributed by atoms with Gasteiger partial charge in [0.2, 0.25) is 5.91 Å². The summed E-state index contributed by atoms with van der Waals surface area (Å²) in [7, 11) is 0. The molecule has 4 nitrogen and oxygen atoms in total. The van der Waals surface area contributed by atoms with Gasteiger partial charge in [-0.1, -0.05) is 0 Å². The molecule has 19 heavy (non-hydrogen) atoms. The number of amides is 1. The van der Waals surface area contributed by atoms with Gasteiger partial charge in [-0.15, -0.1) is 0 Å². The lowest BCUT2D eigenvalue weighted by Crippen LogP contribution is -2.50. The number of fused-ring (bicyclic) bond motifs is 1. The summed E-state index contributed by atoms with van der Waals surface area (Å²) in [6.45, 7) is 5.90. The van der Waals surface area contributed by atoms with E-state index in [4.69, 9.17) is 10.5 Å². The van der Waals surface area contributed by atoms with Gasteiger partial charge in [-0.25, -0.2) is 0 Å². The Balaban J connectivity index is 1.88. The van der Waals surface area contributed by atoms with E-state index in [1.165, 1.54) is 0 Å². The van der Waals surface area contributed by atoms with Crippen molar-refractivity contribution in [1.29, 1.82) is 0 Å². The van der Waals surface area contributed by atoms with Gasteiger partial charge in [-0.2, -0.15) is 11.8 Å². The van der Waals surface area contributed by atoms with E-state index in [2.05, 4.69) is 13.8 Å². The molecular formula is C14H26N2O2S. The molecule has 2 aliphatic rings. The van der Waals surface area contributed by atoms with Crippen molar-refractivity contribution < 1.29 is 9.53 Å². The van der Waals surface area contributed by atoms with E-state index in [0.29, 0.717) is 12.0 Å². The lowest BCUT2D eigenvalue weighted by atomic mass is 9.89. The molecule has 3 atom stereocenters. The quantitative estimate of drug-likeness (QED) is 0.850. The number of carbonyl (C=O) groups excluding carboxylic acids is 1. The van der Waals surface area contributed by atoms with Gasteiger partial charge in [0.15, 0.2) is 0 Å². The fourth-order valence-corrected chi connectivity index (χ4v) is 3.74. The van der Waals surface area contributed by atoms with Gasteiger partial charge in [0.05, 0.1) is 17.7 Å². The zero-order chi connectivity index (χ0) is 14.0. The van der Waals surface area contributed by atoms with Crippen LogP contribution in [-0.4, -0.2) is 53.7 Å². The number of likely N-dealkylation sites (tertiary alicyclic amines) is 1. The Morgan fingerprint density at radius 2 is 2.32 bits per heavy atom. The second-order valence-corrected chi connectivity index (χ2v) is 7.33. The summed E-state index contributed by atoms with van der Waals surface area (Å²) < 4.78 is 6.03. The van der Waals surface area contributed by atoms with E-state index in [9.17, 15) is 4.79 Å². The molecule has 2 aliphatic heterocycles. The monoisotopic (exact) mass is 286 g/mol. The summed E-state index contributed by atoms with van der Waals surface area (Å²) in [4.78, 5) is 14.3. The van der Waals surface area contributed by atoms with Crippen molar-refractivity contribution in [2.75, 3.05) is 25.1 Å². The molecule has 0 spiro atoms. The summed E-state index contributed by atoms with van der Waals surface area (Å²) in [6, 6.07) is -0.334. The molecule has 2 fully saturated rings. The van der Waals surface area contributed by atoms with Gasteiger partial charge in [0, 0.05) is 19.0 Å².